The molecule has 1 nitrogen and oxygen atoms in total. The highest BCUT2D eigenvalue weighted by Crippen LogP contribution is 2.66. The van der Waals surface area contributed by atoms with Crippen molar-refractivity contribution < 1.29 is 4.79 Å². The molecule has 0 N–H and O–H groups in total. The third kappa shape index (κ3) is 2.57. The molecule has 0 saturated heterocycles. The molecule has 0 aromatic rings. The molecule has 2 heteroatoms. The molecule has 4 aliphatic rings. The van der Waals surface area contributed by atoms with Crippen molar-refractivity contribution in [3.05, 3.63) is 0 Å². The molecule has 0 aromatic heterocycles. The van der Waals surface area contributed by atoms with Gasteiger partial charge in [-0.05, 0) is 91.8 Å². The van der Waals surface area contributed by atoms with Gasteiger partial charge in [-0.1, -0.05) is 43.1 Å². The van der Waals surface area contributed by atoms with Crippen molar-refractivity contribution in [3.8, 4) is 0 Å². The molecule has 9 atom stereocenters. The summed E-state index contributed by atoms with van der Waals surface area (Å²) < 4.78 is 0. The van der Waals surface area contributed by atoms with Gasteiger partial charge in [0, 0.05) is 5.92 Å². The van der Waals surface area contributed by atoms with Crippen LogP contribution in [0.1, 0.15) is 72.1 Å². The summed E-state index contributed by atoms with van der Waals surface area (Å²) in [6.45, 7) is 7.41. The van der Waals surface area contributed by atoms with E-state index >= 15 is 0 Å². The minimum atomic E-state index is 0.292. The third-order valence-electron chi connectivity index (χ3n) is 9.05. The Labute approximate surface area is 156 Å². The van der Waals surface area contributed by atoms with Gasteiger partial charge in [-0.3, -0.25) is 4.79 Å². The summed E-state index contributed by atoms with van der Waals surface area (Å²) >= 11 is 3.46. The Balaban J connectivity index is 1.59. The van der Waals surface area contributed by atoms with Gasteiger partial charge in [0.2, 0.25) is 0 Å². The summed E-state index contributed by atoms with van der Waals surface area (Å²) in [5, 5.41) is 0.559. The zero-order valence-corrected chi connectivity index (χ0v) is 17.4. The second kappa shape index (κ2) is 6.39. The van der Waals surface area contributed by atoms with Crippen LogP contribution < -0.4 is 0 Å². The van der Waals surface area contributed by atoms with E-state index in [1.54, 1.807) is 0 Å². The number of hydrogen-bond donors (Lipinski definition) is 0. The van der Waals surface area contributed by atoms with Crippen LogP contribution in [0.3, 0.4) is 0 Å². The first kappa shape index (κ1) is 17.6. The van der Waals surface area contributed by atoms with Gasteiger partial charge in [0.25, 0.3) is 0 Å². The van der Waals surface area contributed by atoms with E-state index in [1.807, 2.05) is 0 Å². The highest BCUT2D eigenvalue weighted by molar-refractivity contribution is 9.09. The topological polar surface area (TPSA) is 17.1 Å². The van der Waals surface area contributed by atoms with Gasteiger partial charge in [-0.2, -0.15) is 0 Å². The van der Waals surface area contributed by atoms with Gasteiger partial charge < -0.3 is 0 Å². The maximum absolute atomic E-state index is 12.6. The summed E-state index contributed by atoms with van der Waals surface area (Å²) in [7, 11) is 0. The lowest BCUT2D eigenvalue weighted by Gasteiger charge is -2.56. The van der Waals surface area contributed by atoms with Gasteiger partial charge in [-0.15, -0.1) is 0 Å². The number of halogens is 1. The van der Waals surface area contributed by atoms with E-state index in [0.717, 1.165) is 47.8 Å². The largest absolute Gasteiger partial charge is 0.298 e. The van der Waals surface area contributed by atoms with Crippen LogP contribution in [-0.4, -0.2) is 11.1 Å². The highest BCUT2D eigenvalue weighted by atomic mass is 79.9. The van der Waals surface area contributed by atoms with E-state index in [0.29, 0.717) is 22.4 Å². The number of rotatable bonds is 2. The fourth-order valence-corrected chi connectivity index (χ4v) is 8.61. The number of Topliss-reactive ketones (excluding diaryl/α,β-unsaturated/α-hetero) is 1. The van der Waals surface area contributed by atoms with E-state index < -0.39 is 0 Å². The summed E-state index contributed by atoms with van der Waals surface area (Å²) in [6, 6.07) is 0. The number of hydrogen-bond acceptors (Lipinski definition) is 1. The Hall–Kier alpha value is 0.150. The van der Waals surface area contributed by atoms with Gasteiger partial charge in [0.05, 0.1) is 5.33 Å². The molecule has 8 unspecified atom stereocenters. The standard InChI is InChI=1S/C22H35BrO/c1-13-4-6-16-15(10-13)5-7-18-17(16)8-9-22(3)19(20(24)12-23)11-14(2)21(18)22/h13-19,21H,4-12H2,1-3H3/t13-,14?,15?,16?,17?,18?,19?,21?,22?/m0/s1. The molecule has 0 heterocycles. The van der Waals surface area contributed by atoms with E-state index in [9.17, 15) is 4.79 Å². The average molecular weight is 395 g/mol. The molecule has 4 fully saturated rings. The maximum atomic E-state index is 12.6. The van der Waals surface area contributed by atoms with Crippen molar-refractivity contribution in [2.45, 2.75) is 72.1 Å². The quantitative estimate of drug-likeness (QED) is 0.516. The molecule has 4 aliphatic carbocycles. The van der Waals surface area contributed by atoms with Crippen LogP contribution in [0.15, 0.2) is 0 Å². The molecule has 136 valence electrons. The number of ketones is 1. The number of carbonyl (C=O) groups is 1. The predicted molar refractivity (Wildman–Crippen MR) is 103 cm³/mol. The molecule has 4 rings (SSSR count). The lowest BCUT2D eigenvalue weighted by Crippen LogP contribution is -2.50. The van der Waals surface area contributed by atoms with Crippen molar-refractivity contribution in [2.75, 3.05) is 5.33 Å². The van der Waals surface area contributed by atoms with Crippen molar-refractivity contribution >= 4 is 21.7 Å². The average Bonchev–Trinajstić information content (AvgIpc) is 2.85. The molecule has 0 amide bonds. The van der Waals surface area contributed by atoms with Crippen molar-refractivity contribution in [1.29, 1.82) is 0 Å². The van der Waals surface area contributed by atoms with Gasteiger partial charge in [0.15, 0.2) is 0 Å². The van der Waals surface area contributed by atoms with Crippen LogP contribution in [-0.2, 0) is 4.79 Å². The van der Waals surface area contributed by atoms with Crippen molar-refractivity contribution in [2.24, 2.45) is 52.8 Å². The van der Waals surface area contributed by atoms with Crippen LogP contribution in [0.25, 0.3) is 0 Å². The first-order valence-electron chi connectivity index (χ1n) is 10.5. The molecule has 0 aliphatic heterocycles. The lowest BCUT2D eigenvalue weighted by atomic mass is 9.48. The normalized spacial score (nSPS) is 53.8. The van der Waals surface area contributed by atoms with Crippen LogP contribution in [0.2, 0.25) is 0 Å². The minimum absolute atomic E-state index is 0.292. The monoisotopic (exact) mass is 394 g/mol. The summed E-state index contributed by atoms with van der Waals surface area (Å²) in [6.07, 6.45) is 11.3. The first-order valence-corrected chi connectivity index (χ1v) is 11.7. The maximum Gasteiger partial charge on any atom is 0.147 e. The summed E-state index contributed by atoms with van der Waals surface area (Å²) in [4.78, 5) is 12.6. The van der Waals surface area contributed by atoms with E-state index in [1.165, 1.54) is 44.9 Å². The van der Waals surface area contributed by atoms with E-state index in [2.05, 4.69) is 36.7 Å². The summed E-state index contributed by atoms with van der Waals surface area (Å²) in [5.74, 6) is 7.25. The van der Waals surface area contributed by atoms with Gasteiger partial charge in [0.1, 0.15) is 5.78 Å². The van der Waals surface area contributed by atoms with Crippen molar-refractivity contribution in [1.82, 2.24) is 0 Å². The van der Waals surface area contributed by atoms with E-state index in [4.69, 9.17) is 0 Å². The second-order valence-corrected chi connectivity index (χ2v) is 10.7. The Bertz CT molecular complexity index is 502. The second-order valence-electron chi connectivity index (χ2n) is 10.2. The highest BCUT2D eigenvalue weighted by Gasteiger charge is 2.60. The summed E-state index contributed by atoms with van der Waals surface area (Å²) in [5.41, 5.74) is 0.292. The molecule has 0 bridgehead atoms. The number of alkyl halides is 1. The lowest BCUT2D eigenvalue weighted by molar-refractivity contribution is -0.128. The fraction of sp³-hybridized carbons (Fsp3) is 0.955. The number of fused-ring (bicyclic) bond motifs is 5. The number of carbonyl (C=O) groups excluding carboxylic acids is 1. The molecular weight excluding hydrogens is 360 g/mol. The van der Waals surface area contributed by atoms with Crippen molar-refractivity contribution in [3.63, 3.8) is 0 Å². The van der Waals surface area contributed by atoms with Crippen LogP contribution in [0.4, 0.5) is 0 Å². The molecular formula is C22H35BrO. The first-order chi connectivity index (χ1) is 11.5. The zero-order valence-electron chi connectivity index (χ0n) is 15.8. The zero-order chi connectivity index (χ0) is 17.1. The predicted octanol–water partition coefficient (Wildman–Crippen LogP) is 6.10. The Morgan fingerprint density at radius 2 is 1.75 bits per heavy atom. The fourth-order valence-electron chi connectivity index (χ4n) is 8.22. The SMILES string of the molecule is CC1CC(C(=O)CBr)C2(C)CCC3C4CC[C@H](C)CC4CCC3C12. The molecule has 0 spiro atoms. The van der Waals surface area contributed by atoms with Crippen LogP contribution in [0.5, 0.6) is 0 Å². The minimum Gasteiger partial charge on any atom is -0.298 e. The molecule has 4 saturated carbocycles. The molecule has 24 heavy (non-hydrogen) atoms. The molecule has 0 aromatic carbocycles. The smallest absolute Gasteiger partial charge is 0.147 e. The Kier molecular flexibility index (Phi) is 4.68. The van der Waals surface area contributed by atoms with Crippen LogP contribution >= 0.6 is 15.9 Å². The Morgan fingerprint density at radius 3 is 2.50 bits per heavy atom. The Morgan fingerprint density at radius 1 is 1.00 bits per heavy atom. The van der Waals surface area contributed by atoms with Gasteiger partial charge in [-0.25, -0.2) is 0 Å². The molecule has 0 radical (unpaired) electrons. The van der Waals surface area contributed by atoms with E-state index in [-0.39, 0.29) is 0 Å². The third-order valence-corrected chi connectivity index (χ3v) is 9.60. The van der Waals surface area contributed by atoms with Gasteiger partial charge >= 0.3 is 0 Å². The van der Waals surface area contributed by atoms with Crippen LogP contribution in [0, 0.1) is 52.8 Å².